The van der Waals surface area contributed by atoms with E-state index in [2.05, 4.69) is 19.8 Å². The number of methoxy groups -OCH3 is 2. The number of hydrogen-bond donors (Lipinski definition) is 1. The van der Waals surface area contributed by atoms with Crippen molar-refractivity contribution in [3.05, 3.63) is 30.1 Å². The largest absolute Gasteiger partial charge is 0.469 e. The highest BCUT2D eigenvalue weighted by atomic mass is 16.5. The molecule has 7 nitrogen and oxygen atoms in total. The van der Waals surface area contributed by atoms with Crippen molar-refractivity contribution in [1.29, 1.82) is 0 Å². The summed E-state index contributed by atoms with van der Waals surface area (Å²) in [6.45, 7) is 0. The second-order valence-electron chi connectivity index (χ2n) is 3.91. The fourth-order valence-corrected chi connectivity index (χ4v) is 1.49. The van der Waals surface area contributed by atoms with Gasteiger partial charge < -0.3 is 14.8 Å². The Bertz CT molecular complexity index is 475. The minimum Gasteiger partial charge on any atom is -0.469 e. The predicted octanol–water partition coefficient (Wildman–Crippen LogP) is 0.306. The van der Waals surface area contributed by atoms with E-state index in [9.17, 15) is 14.4 Å². The lowest BCUT2D eigenvalue weighted by atomic mass is 10.1. The van der Waals surface area contributed by atoms with Crippen LogP contribution in [0.5, 0.6) is 0 Å². The number of carbonyl (C=O) groups excluding carboxylic acids is 3. The van der Waals surface area contributed by atoms with E-state index >= 15 is 0 Å². The number of hydrogen-bond acceptors (Lipinski definition) is 6. The summed E-state index contributed by atoms with van der Waals surface area (Å²) in [5.74, 6) is -1.54. The Labute approximate surface area is 116 Å². The summed E-state index contributed by atoms with van der Waals surface area (Å²) in [5.41, 5.74) is 0.319. The quantitative estimate of drug-likeness (QED) is 0.753. The van der Waals surface area contributed by atoms with Gasteiger partial charge in [-0.2, -0.15) is 0 Å². The molecule has 7 heteroatoms. The fraction of sp³-hybridized carbons (Fsp3) is 0.385. The van der Waals surface area contributed by atoms with Gasteiger partial charge in [-0.3, -0.25) is 14.6 Å². The monoisotopic (exact) mass is 280 g/mol. The number of aromatic nitrogens is 1. The van der Waals surface area contributed by atoms with Crippen LogP contribution in [-0.2, 0) is 19.1 Å². The molecular formula is C13H16N2O5. The molecule has 0 aliphatic heterocycles. The van der Waals surface area contributed by atoms with Crippen molar-refractivity contribution >= 4 is 17.8 Å². The smallest absolute Gasteiger partial charge is 0.328 e. The summed E-state index contributed by atoms with van der Waals surface area (Å²) in [7, 11) is 2.47. The lowest BCUT2D eigenvalue weighted by Crippen LogP contribution is -2.41. The van der Waals surface area contributed by atoms with Gasteiger partial charge in [-0.25, -0.2) is 4.79 Å². The van der Waals surface area contributed by atoms with Gasteiger partial charge in [0.15, 0.2) is 0 Å². The minimum atomic E-state index is -0.910. The third kappa shape index (κ3) is 4.68. The molecule has 0 aliphatic rings. The SMILES string of the molecule is COC(=O)CC[C@@H](NC(=O)c1cccnc1)C(=O)OC. The highest BCUT2D eigenvalue weighted by Crippen LogP contribution is 2.04. The van der Waals surface area contributed by atoms with E-state index in [1.807, 2.05) is 0 Å². The predicted molar refractivity (Wildman–Crippen MR) is 68.8 cm³/mol. The van der Waals surface area contributed by atoms with Crippen molar-refractivity contribution in [3.63, 3.8) is 0 Å². The van der Waals surface area contributed by atoms with Crippen LogP contribution < -0.4 is 5.32 Å². The highest BCUT2D eigenvalue weighted by Gasteiger charge is 2.23. The summed E-state index contributed by atoms with van der Waals surface area (Å²) in [5, 5.41) is 2.50. The van der Waals surface area contributed by atoms with Gasteiger partial charge in [0, 0.05) is 18.8 Å². The lowest BCUT2D eigenvalue weighted by Gasteiger charge is -2.15. The molecule has 0 unspecified atom stereocenters. The van der Waals surface area contributed by atoms with E-state index in [1.54, 1.807) is 12.1 Å². The number of nitrogens with one attached hydrogen (secondary N) is 1. The molecule has 1 heterocycles. The Morgan fingerprint density at radius 2 is 2.05 bits per heavy atom. The van der Waals surface area contributed by atoms with Gasteiger partial charge >= 0.3 is 11.9 Å². The zero-order valence-corrected chi connectivity index (χ0v) is 11.3. The number of ether oxygens (including phenoxy) is 2. The Balaban J connectivity index is 2.67. The van der Waals surface area contributed by atoms with Crippen molar-refractivity contribution < 1.29 is 23.9 Å². The van der Waals surface area contributed by atoms with Crippen LogP contribution >= 0.6 is 0 Å². The van der Waals surface area contributed by atoms with E-state index in [0.717, 1.165) is 0 Å². The molecule has 0 fully saturated rings. The molecule has 1 rings (SSSR count). The van der Waals surface area contributed by atoms with Crippen LogP contribution in [0.3, 0.4) is 0 Å². The Morgan fingerprint density at radius 1 is 1.30 bits per heavy atom. The van der Waals surface area contributed by atoms with Crippen LogP contribution in [0.4, 0.5) is 0 Å². The molecule has 0 spiro atoms. The van der Waals surface area contributed by atoms with Gasteiger partial charge in [-0.1, -0.05) is 0 Å². The summed E-state index contributed by atoms with van der Waals surface area (Å²) in [6.07, 6.45) is 3.02. The van der Waals surface area contributed by atoms with Crippen molar-refractivity contribution in [2.45, 2.75) is 18.9 Å². The van der Waals surface area contributed by atoms with Crippen LogP contribution in [0, 0.1) is 0 Å². The maximum absolute atomic E-state index is 11.9. The Hall–Kier alpha value is -2.44. The Kier molecular flexibility index (Phi) is 6.15. The molecule has 0 radical (unpaired) electrons. The third-order valence-electron chi connectivity index (χ3n) is 2.58. The van der Waals surface area contributed by atoms with Crippen LogP contribution in [0.1, 0.15) is 23.2 Å². The molecule has 20 heavy (non-hydrogen) atoms. The summed E-state index contributed by atoms with van der Waals surface area (Å²) in [6, 6.07) is 2.26. The Morgan fingerprint density at radius 3 is 2.60 bits per heavy atom. The van der Waals surface area contributed by atoms with Gasteiger partial charge in [0.2, 0.25) is 0 Å². The zero-order valence-electron chi connectivity index (χ0n) is 11.3. The van der Waals surface area contributed by atoms with Crippen molar-refractivity contribution in [2.24, 2.45) is 0 Å². The first-order valence-electron chi connectivity index (χ1n) is 5.94. The molecule has 1 amide bonds. The first-order valence-corrected chi connectivity index (χ1v) is 5.94. The topological polar surface area (TPSA) is 94.6 Å². The number of rotatable bonds is 6. The molecule has 0 saturated heterocycles. The first-order chi connectivity index (χ1) is 9.58. The maximum atomic E-state index is 11.9. The molecular weight excluding hydrogens is 264 g/mol. The molecule has 108 valence electrons. The van der Waals surface area contributed by atoms with Gasteiger partial charge in [0.05, 0.1) is 19.8 Å². The van der Waals surface area contributed by atoms with Gasteiger partial charge in [0.1, 0.15) is 6.04 Å². The van der Waals surface area contributed by atoms with E-state index < -0.39 is 23.9 Å². The fourth-order valence-electron chi connectivity index (χ4n) is 1.49. The van der Waals surface area contributed by atoms with Crippen LogP contribution in [0.25, 0.3) is 0 Å². The lowest BCUT2D eigenvalue weighted by molar-refractivity contribution is -0.144. The van der Waals surface area contributed by atoms with Gasteiger partial charge in [-0.15, -0.1) is 0 Å². The number of amides is 1. The number of carbonyl (C=O) groups is 3. The van der Waals surface area contributed by atoms with Crippen molar-refractivity contribution in [2.75, 3.05) is 14.2 Å². The molecule has 0 aromatic carbocycles. The second kappa shape index (κ2) is 7.88. The number of esters is 2. The molecule has 1 aromatic rings. The van der Waals surface area contributed by atoms with Gasteiger partial charge in [-0.05, 0) is 18.6 Å². The van der Waals surface area contributed by atoms with Crippen molar-refractivity contribution in [1.82, 2.24) is 10.3 Å². The average Bonchev–Trinajstić information content (AvgIpc) is 2.50. The maximum Gasteiger partial charge on any atom is 0.328 e. The molecule has 0 aliphatic carbocycles. The van der Waals surface area contributed by atoms with Gasteiger partial charge in [0.25, 0.3) is 5.91 Å². The molecule has 1 atom stereocenters. The summed E-state index contributed by atoms with van der Waals surface area (Å²) < 4.78 is 9.08. The molecule has 0 saturated carbocycles. The van der Waals surface area contributed by atoms with E-state index in [-0.39, 0.29) is 12.8 Å². The number of nitrogens with zero attached hydrogens (tertiary/aromatic N) is 1. The van der Waals surface area contributed by atoms with Crippen LogP contribution in [0.15, 0.2) is 24.5 Å². The van der Waals surface area contributed by atoms with E-state index in [1.165, 1.54) is 26.6 Å². The third-order valence-corrected chi connectivity index (χ3v) is 2.58. The zero-order chi connectivity index (χ0) is 15.0. The van der Waals surface area contributed by atoms with Crippen LogP contribution in [-0.4, -0.2) is 43.1 Å². The molecule has 0 bridgehead atoms. The normalized spacial score (nSPS) is 11.3. The molecule has 1 N–H and O–H groups in total. The van der Waals surface area contributed by atoms with Crippen LogP contribution in [0.2, 0.25) is 0 Å². The first kappa shape index (κ1) is 15.6. The summed E-state index contributed by atoms with van der Waals surface area (Å²) in [4.78, 5) is 38.4. The van der Waals surface area contributed by atoms with E-state index in [0.29, 0.717) is 5.56 Å². The number of pyridine rings is 1. The standard InChI is InChI=1S/C13H16N2O5/c1-19-11(16)6-5-10(13(18)20-2)15-12(17)9-4-3-7-14-8-9/h3-4,7-8,10H,5-6H2,1-2H3,(H,15,17)/t10-/m1/s1. The van der Waals surface area contributed by atoms with Crippen molar-refractivity contribution in [3.8, 4) is 0 Å². The second-order valence-corrected chi connectivity index (χ2v) is 3.91. The summed E-state index contributed by atoms with van der Waals surface area (Å²) >= 11 is 0. The molecule has 1 aromatic heterocycles. The average molecular weight is 280 g/mol. The van der Waals surface area contributed by atoms with E-state index in [4.69, 9.17) is 0 Å². The minimum absolute atomic E-state index is 0.00356. The highest BCUT2D eigenvalue weighted by molar-refractivity contribution is 5.96.